The molecule has 2 amide bonds. The number of hydrogen-bond donors (Lipinski definition) is 5. The van der Waals surface area contributed by atoms with Crippen molar-refractivity contribution in [2.75, 3.05) is 45.1 Å². The Bertz CT molecular complexity index is 1450. The number of carbonyl (C=O) groups is 2. The Hall–Kier alpha value is -3.89. The molecule has 0 aliphatic carbocycles. The van der Waals surface area contributed by atoms with Crippen LogP contribution in [-0.2, 0) is 9.59 Å². The van der Waals surface area contributed by atoms with E-state index in [1.165, 1.54) is 0 Å². The first-order chi connectivity index (χ1) is 19.3. The molecule has 1 heterocycles. The maximum absolute atomic E-state index is 13.6. The molecule has 8 N–H and O–H groups in total. The molecule has 0 spiro atoms. The van der Waals surface area contributed by atoms with Crippen LogP contribution in [-0.4, -0.2) is 67.1 Å². The third-order valence-electron chi connectivity index (χ3n) is 7.40. The van der Waals surface area contributed by atoms with Crippen molar-refractivity contribution in [1.82, 2.24) is 10.3 Å². The number of anilines is 1. The van der Waals surface area contributed by atoms with Gasteiger partial charge in [-0.25, -0.2) is 0 Å². The number of likely N-dealkylation sites (N-methyl/N-ethyl adjacent to an activating group) is 1. The van der Waals surface area contributed by atoms with E-state index >= 15 is 0 Å². The second-order valence-electron chi connectivity index (χ2n) is 10.6. The summed E-state index contributed by atoms with van der Waals surface area (Å²) in [6, 6.07) is 21.5. The summed E-state index contributed by atoms with van der Waals surface area (Å²) in [5, 5.41) is 8.77. The molecule has 2 atom stereocenters. The van der Waals surface area contributed by atoms with Gasteiger partial charge in [-0.2, -0.15) is 0 Å². The number of para-hydroxylation sites is 1. The van der Waals surface area contributed by atoms with E-state index in [2.05, 4.69) is 22.7 Å². The van der Waals surface area contributed by atoms with Crippen LogP contribution < -0.4 is 27.8 Å². The van der Waals surface area contributed by atoms with E-state index in [1.807, 2.05) is 72.8 Å². The van der Waals surface area contributed by atoms with Crippen molar-refractivity contribution in [3.63, 3.8) is 0 Å². The number of fused-ring (bicyclic) bond motifs is 2. The largest absolute Gasteiger partial charge is 0.339 e. The predicted octanol–water partition coefficient (Wildman–Crippen LogP) is 2.66. The minimum Gasteiger partial charge on any atom is -0.339 e. The zero-order valence-corrected chi connectivity index (χ0v) is 23.1. The molecule has 4 aromatic rings. The van der Waals surface area contributed by atoms with Crippen LogP contribution in [0.2, 0.25) is 0 Å². The molecule has 0 saturated heterocycles. The third-order valence-corrected chi connectivity index (χ3v) is 7.40. The van der Waals surface area contributed by atoms with E-state index in [-0.39, 0.29) is 11.8 Å². The molecular formula is C31H40N7O2+. The van der Waals surface area contributed by atoms with Crippen LogP contribution in [0.25, 0.3) is 21.7 Å². The first-order valence-electron chi connectivity index (χ1n) is 13.8. The number of pyridine rings is 1. The van der Waals surface area contributed by atoms with Crippen LogP contribution in [0.3, 0.4) is 0 Å². The normalized spacial score (nSPS) is 13.2. The summed E-state index contributed by atoms with van der Waals surface area (Å²) >= 11 is 0. The van der Waals surface area contributed by atoms with Gasteiger partial charge in [-0.3, -0.25) is 14.6 Å². The van der Waals surface area contributed by atoms with Crippen molar-refractivity contribution in [2.45, 2.75) is 24.9 Å². The molecule has 40 heavy (non-hydrogen) atoms. The molecule has 210 valence electrons. The van der Waals surface area contributed by atoms with Gasteiger partial charge in [0.15, 0.2) is 0 Å². The molecule has 1 aromatic heterocycles. The van der Waals surface area contributed by atoms with Gasteiger partial charge in [-0.1, -0.05) is 54.6 Å². The van der Waals surface area contributed by atoms with Gasteiger partial charge in [0.05, 0.1) is 50.1 Å². The topological polar surface area (TPSA) is 149 Å². The van der Waals surface area contributed by atoms with Crippen molar-refractivity contribution in [1.29, 1.82) is 0 Å². The zero-order valence-electron chi connectivity index (χ0n) is 23.1. The van der Waals surface area contributed by atoms with Gasteiger partial charge >= 0.3 is 0 Å². The van der Waals surface area contributed by atoms with Gasteiger partial charge in [0, 0.05) is 18.5 Å². The molecule has 4 rings (SSSR count). The smallest absolute Gasteiger partial charge is 0.251 e. The van der Waals surface area contributed by atoms with Crippen molar-refractivity contribution < 1.29 is 14.1 Å². The fourth-order valence-electron chi connectivity index (χ4n) is 5.07. The number of carbonyl (C=O) groups excluding carboxylic acids is 2. The van der Waals surface area contributed by atoms with Crippen LogP contribution in [0.1, 0.15) is 24.4 Å². The molecule has 9 nitrogen and oxygen atoms in total. The summed E-state index contributed by atoms with van der Waals surface area (Å²) < 4.78 is 0.739. The van der Waals surface area contributed by atoms with E-state index < -0.39 is 12.1 Å². The van der Waals surface area contributed by atoms with E-state index in [0.29, 0.717) is 30.8 Å². The fourth-order valence-corrected chi connectivity index (χ4v) is 5.07. The lowest BCUT2D eigenvalue weighted by Crippen LogP contribution is -2.51. The number of nitrogens with two attached hydrogens (primary N) is 3. The Morgan fingerprint density at radius 2 is 1.52 bits per heavy atom. The third kappa shape index (κ3) is 7.40. The van der Waals surface area contributed by atoms with Gasteiger partial charge in [0.25, 0.3) is 5.91 Å². The molecule has 0 fully saturated rings. The predicted molar refractivity (Wildman–Crippen MR) is 161 cm³/mol. The average molecular weight is 543 g/mol. The quantitative estimate of drug-likeness (QED) is 0.164. The van der Waals surface area contributed by atoms with Crippen LogP contribution in [0.5, 0.6) is 0 Å². The number of benzene rings is 3. The van der Waals surface area contributed by atoms with Crippen LogP contribution >= 0.6 is 0 Å². The number of quaternary nitrogens is 1. The Kier molecular flexibility index (Phi) is 9.79. The summed E-state index contributed by atoms with van der Waals surface area (Å²) in [4.78, 5) is 31.3. The number of nitrogens with one attached hydrogen (secondary N) is 2. The van der Waals surface area contributed by atoms with Gasteiger partial charge in [0.2, 0.25) is 5.91 Å². The molecular weight excluding hydrogens is 502 g/mol. The van der Waals surface area contributed by atoms with Gasteiger partial charge in [0.1, 0.15) is 6.04 Å². The van der Waals surface area contributed by atoms with Crippen LogP contribution in [0, 0.1) is 0 Å². The number of rotatable bonds is 13. The maximum atomic E-state index is 13.6. The van der Waals surface area contributed by atoms with E-state index in [1.54, 1.807) is 6.20 Å². The SMILES string of the molecule is C[N+](CCN)(CCN)CCCC(N)C(=O)NC(C(=O)Nc1cnc2ccccc2c1)c1ccc2ccccc2c1. The molecule has 9 heteroatoms. The van der Waals surface area contributed by atoms with E-state index in [9.17, 15) is 9.59 Å². The Morgan fingerprint density at radius 1 is 0.850 bits per heavy atom. The van der Waals surface area contributed by atoms with Crippen molar-refractivity contribution >= 4 is 39.2 Å². The van der Waals surface area contributed by atoms with E-state index in [4.69, 9.17) is 17.2 Å². The number of amides is 2. The molecule has 0 radical (unpaired) electrons. The molecule has 3 aromatic carbocycles. The second kappa shape index (κ2) is 13.5. The lowest BCUT2D eigenvalue weighted by atomic mass is 10.0. The van der Waals surface area contributed by atoms with Gasteiger partial charge in [-0.15, -0.1) is 0 Å². The summed E-state index contributed by atoms with van der Waals surface area (Å²) in [6.07, 6.45) is 2.83. The maximum Gasteiger partial charge on any atom is 0.251 e. The molecule has 0 bridgehead atoms. The molecule has 2 unspecified atom stereocenters. The highest BCUT2D eigenvalue weighted by atomic mass is 16.2. The average Bonchev–Trinajstić information content (AvgIpc) is 2.95. The fraction of sp³-hybridized carbons (Fsp3) is 0.323. The van der Waals surface area contributed by atoms with Crippen molar-refractivity contribution in [2.24, 2.45) is 17.2 Å². The molecule has 0 aliphatic heterocycles. The highest BCUT2D eigenvalue weighted by molar-refractivity contribution is 6.00. The minimum absolute atomic E-state index is 0.372. The van der Waals surface area contributed by atoms with Crippen LogP contribution in [0.15, 0.2) is 79.0 Å². The Labute approximate surface area is 235 Å². The summed E-state index contributed by atoms with van der Waals surface area (Å²) in [7, 11) is 2.12. The van der Waals surface area contributed by atoms with E-state index in [0.717, 1.165) is 52.2 Å². The number of nitrogens with zero attached hydrogens (tertiary/aromatic N) is 2. The highest BCUT2D eigenvalue weighted by Gasteiger charge is 2.27. The summed E-state index contributed by atoms with van der Waals surface area (Å²) in [5.74, 6) is -0.750. The molecule has 0 saturated carbocycles. The zero-order chi connectivity index (χ0) is 28.5. The number of aromatic nitrogens is 1. The minimum atomic E-state index is -0.940. The second-order valence-corrected chi connectivity index (χ2v) is 10.6. The Morgan fingerprint density at radius 3 is 2.25 bits per heavy atom. The lowest BCUT2D eigenvalue weighted by Gasteiger charge is -2.34. The summed E-state index contributed by atoms with van der Waals surface area (Å²) in [6.45, 7) is 3.58. The monoisotopic (exact) mass is 542 g/mol. The van der Waals surface area contributed by atoms with Crippen LogP contribution in [0.4, 0.5) is 5.69 Å². The van der Waals surface area contributed by atoms with Crippen molar-refractivity contribution in [3.8, 4) is 0 Å². The Balaban J connectivity index is 1.51. The van der Waals surface area contributed by atoms with Gasteiger partial charge < -0.3 is 32.3 Å². The standard InChI is InChI=1S/C31H39N7O2/c1-38(17-14-32,18-15-33)16-6-10-27(34)30(39)37-29(25-13-12-22-7-2-3-8-23(22)19-25)31(40)36-26-20-24-9-4-5-11-28(24)35-21-26/h2-5,7-9,11-13,19-21,27,29H,6,10,14-18,32-34H2,1H3,(H-,36,37,39,40)/p+1. The van der Waals surface area contributed by atoms with Crippen molar-refractivity contribution in [3.05, 3.63) is 84.6 Å². The first kappa shape index (κ1) is 29.1. The molecule has 0 aliphatic rings. The lowest BCUT2D eigenvalue weighted by molar-refractivity contribution is -0.907. The number of hydrogen-bond acceptors (Lipinski definition) is 6. The van der Waals surface area contributed by atoms with Gasteiger partial charge in [-0.05, 0) is 47.4 Å². The first-order valence-corrected chi connectivity index (χ1v) is 13.8. The highest BCUT2D eigenvalue weighted by Crippen LogP contribution is 2.23. The summed E-state index contributed by atoms with van der Waals surface area (Å²) in [5.41, 5.74) is 19.9.